The van der Waals surface area contributed by atoms with E-state index in [9.17, 15) is 0 Å². The van der Waals surface area contributed by atoms with Gasteiger partial charge in [-0.05, 0) is 44.5 Å². The van der Waals surface area contributed by atoms with Gasteiger partial charge in [-0.25, -0.2) is 4.98 Å². The lowest BCUT2D eigenvalue weighted by Crippen LogP contribution is -2.20. The highest BCUT2D eigenvalue weighted by atomic mass is 32.1. The Morgan fingerprint density at radius 3 is 2.71 bits per heavy atom. The molecule has 1 unspecified atom stereocenters. The maximum atomic E-state index is 4.75. The van der Waals surface area contributed by atoms with Crippen molar-refractivity contribution in [2.45, 2.75) is 33.4 Å². The number of nitrogens with zero attached hydrogens (tertiary/aromatic N) is 2. The maximum Gasteiger partial charge on any atom is 0.126 e. The number of thiophene rings is 1. The fraction of sp³-hybridized carbons (Fsp3) is 0.353. The Morgan fingerprint density at radius 1 is 1.29 bits per heavy atom. The van der Waals surface area contributed by atoms with Crippen LogP contribution in [0.25, 0.3) is 11.0 Å². The zero-order valence-corrected chi connectivity index (χ0v) is 13.8. The Labute approximate surface area is 129 Å². The zero-order valence-electron chi connectivity index (χ0n) is 13.0. The topological polar surface area (TPSA) is 29.9 Å². The minimum Gasteiger partial charge on any atom is -0.330 e. The average Bonchev–Trinajstić information content (AvgIpc) is 2.98. The predicted molar refractivity (Wildman–Crippen MR) is 89.8 cm³/mol. The van der Waals surface area contributed by atoms with Gasteiger partial charge in [-0.1, -0.05) is 12.1 Å². The monoisotopic (exact) mass is 299 g/mol. The Kier molecular flexibility index (Phi) is 3.83. The van der Waals surface area contributed by atoms with Gasteiger partial charge in [0.25, 0.3) is 0 Å². The molecule has 3 aromatic rings. The number of nitrogens with one attached hydrogen (secondary N) is 1. The second-order valence-corrected chi connectivity index (χ2v) is 6.91. The zero-order chi connectivity index (χ0) is 15.0. The molecule has 3 nitrogen and oxygen atoms in total. The largest absolute Gasteiger partial charge is 0.330 e. The Hall–Kier alpha value is -1.65. The van der Waals surface area contributed by atoms with Gasteiger partial charge in [-0.2, -0.15) is 0 Å². The van der Waals surface area contributed by atoms with Gasteiger partial charge in [-0.3, -0.25) is 0 Å². The van der Waals surface area contributed by atoms with Crippen LogP contribution in [0.15, 0.2) is 30.3 Å². The molecule has 0 bridgehead atoms. The summed E-state index contributed by atoms with van der Waals surface area (Å²) in [6.45, 7) is 7.42. The number of aryl methyl sites for hydroxylation is 3. The first-order valence-electron chi connectivity index (χ1n) is 7.27. The van der Waals surface area contributed by atoms with E-state index in [1.165, 1.54) is 20.8 Å². The molecule has 0 aliphatic rings. The number of hydrogen-bond acceptors (Lipinski definition) is 3. The van der Waals surface area contributed by atoms with E-state index in [1.54, 1.807) is 0 Å². The Morgan fingerprint density at radius 2 is 2.05 bits per heavy atom. The molecule has 0 saturated heterocycles. The SMILES string of the molecule is Cc1cc(CNC(C)c2nc3ccccc3n2C)sc1C. The van der Waals surface area contributed by atoms with Crippen LogP contribution in [0, 0.1) is 13.8 Å². The third-order valence-corrected chi connectivity index (χ3v) is 5.16. The molecule has 2 aromatic heterocycles. The molecule has 110 valence electrons. The van der Waals surface area contributed by atoms with Crippen LogP contribution in [0.2, 0.25) is 0 Å². The van der Waals surface area contributed by atoms with Crippen molar-refractivity contribution in [3.8, 4) is 0 Å². The fourth-order valence-corrected chi connectivity index (χ4v) is 3.64. The van der Waals surface area contributed by atoms with Crippen molar-refractivity contribution in [1.82, 2.24) is 14.9 Å². The van der Waals surface area contributed by atoms with Crippen LogP contribution in [0.1, 0.15) is 34.1 Å². The first-order valence-corrected chi connectivity index (χ1v) is 8.08. The van der Waals surface area contributed by atoms with E-state index in [2.05, 4.69) is 62.0 Å². The number of fused-ring (bicyclic) bond motifs is 1. The number of rotatable bonds is 4. The first-order chi connectivity index (χ1) is 10.1. The molecule has 0 saturated carbocycles. The maximum absolute atomic E-state index is 4.75. The lowest BCUT2D eigenvalue weighted by Gasteiger charge is -2.13. The molecular weight excluding hydrogens is 278 g/mol. The van der Waals surface area contributed by atoms with E-state index in [-0.39, 0.29) is 6.04 Å². The normalized spacial score (nSPS) is 13.0. The van der Waals surface area contributed by atoms with Crippen molar-refractivity contribution in [1.29, 1.82) is 0 Å². The van der Waals surface area contributed by atoms with Gasteiger partial charge in [0.05, 0.1) is 17.1 Å². The van der Waals surface area contributed by atoms with Gasteiger partial charge in [0.1, 0.15) is 5.82 Å². The summed E-state index contributed by atoms with van der Waals surface area (Å²) < 4.78 is 2.18. The highest BCUT2D eigenvalue weighted by molar-refractivity contribution is 7.12. The molecule has 1 aromatic carbocycles. The Bertz CT molecular complexity index is 750. The molecule has 1 atom stereocenters. The van der Waals surface area contributed by atoms with E-state index < -0.39 is 0 Å². The summed E-state index contributed by atoms with van der Waals surface area (Å²) in [5, 5.41) is 3.58. The average molecular weight is 299 g/mol. The summed E-state index contributed by atoms with van der Waals surface area (Å²) in [4.78, 5) is 7.54. The van der Waals surface area contributed by atoms with E-state index >= 15 is 0 Å². The van der Waals surface area contributed by atoms with Crippen LogP contribution in [0.5, 0.6) is 0 Å². The fourth-order valence-electron chi connectivity index (χ4n) is 2.63. The summed E-state index contributed by atoms with van der Waals surface area (Å²) in [6, 6.07) is 10.8. The van der Waals surface area contributed by atoms with Gasteiger partial charge in [0.15, 0.2) is 0 Å². The van der Waals surface area contributed by atoms with Crippen LogP contribution in [-0.2, 0) is 13.6 Å². The molecule has 2 heterocycles. The molecule has 4 heteroatoms. The molecule has 3 rings (SSSR count). The van der Waals surface area contributed by atoms with Crippen LogP contribution in [0.3, 0.4) is 0 Å². The molecule has 0 radical (unpaired) electrons. The minimum atomic E-state index is 0.227. The highest BCUT2D eigenvalue weighted by Crippen LogP contribution is 2.22. The van der Waals surface area contributed by atoms with Crippen molar-refractivity contribution in [2.75, 3.05) is 0 Å². The quantitative estimate of drug-likeness (QED) is 0.786. The van der Waals surface area contributed by atoms with Gasteiger partial charge in [0.2, 0.25) is 0 Å². The highest BCUT2D eigenvalue weighted by Gasteiger charge is 2.14. The number of para-hydroxylation sites is 2. The molecule has 0 fully saturated rings. The molecule has 0 spiro atoms. The van der Waals surface area contributed by atoms with Crippen LogP contribution in [0.4, 0.5) is 0 Å². The van der Waals surface area contributed by atoms with E-state index in [0.717, 1.165) is 17.9 Å². The molecule has 0 aliphatic carbocycles. The molecule has 21 heavy (non-hydrogen) atoms. The second-order valence-electron chi connectivity index (χ2n) is 5.57. The smallest absolute Gasteiger partial charge is 0.126 e. The van der Waals surface area contributed by atoms with E-state index in [4.69, 9.17) is 4.98 Å². The summed E-state index contributed by atoms with van der Waals surface area (Å²) in [7, 11) is 2.09. The molecule has 0 aliphatic heterocycles. The van der Waals surface area contributed by atoms with Crippen molar-refractivity contribution in [2.24, 2.45) is 7.05 Å². The third-order valence-electron chi connectivity index (χ3n) is 4.01. The van der Waals surface area contributed by atoms with Gasteiger partial charge < -0.3 is 9.88 Å². The molecular formula is C17H21N3S. The van der Waals surface area contributed by atoms with Crippen molar-refractivity contribution < 1.29 is 0 Å². The minimum absolute atomic E-state index is 0.227. The first kappa shape index (κ1) is 14.3. The van der Waals surface area contributed by atoms with Crippen LogP contribution >= 0.6 is 11.3 Å². The van der Waals surface area contributed by atoms with E-state index in [0.29, 0.717) is 0 Å². The third kappa shape index (κ3) is 2.74. The van der Waals surface area contributed by atoms with Gasteiger partial charge >= 0.3 is 0 Å². The lowest BCUT2D eigenvalue weighted by atomic mass is 10.2. The number of hydrogen-bond donors (Lipinski definition) is 1. The lowest BCUT2D eigenvalue weighted by molar-refractivity contribution is 0.536. The van der Waals surface area contributed by atoms with Crippen molar-refractivity contribution >= 4 is 22.4 Å². The van der Waals surface area contributed by atoms with Crippen LogP contribution in [-0.4, -0.2) is 9.55 Å². The van der Waals surface area contributed by atoms with Crippen LogP contribution < -0.4 is 5.32 Å². The molecule has 0 amide bonds. The van der Waals surface area contributed by atoms with Gasteiger partial charge in [-0.15, -0.1) is 11.3 Å². The van der Waals surface area contributed by atoms with Crippen molar-refractivity contribution in [3.63, 3.8) is 0 Å². The number of benzene rings is 1. The van der Waals surface area contributed by atoms with Crippen molar-refractivity contribution in [3.05, 3.63) is 51.5 Å². The number of imidazole rings is 1. The summed E-state index contributed by atoms with van der Waals surface area (Å²) in [5.41, 5.74) is 3.63. The van der Waals surface area contributed by atoms with E-state index in [1.807, 2.05) is 17.4 Å². The number of aromatic nitrogens is 2. The summed E-state index contributed by atoms with van der Waals surface area (Å²) >= 11 is 1.87. The summed E-state index contributed by atoms with van der Waals surface area (Å²) in [5.74, 6) is 1.08. The predicted octanol–water partition coefficient (Wildman–Crippen LogP) is 4.10. The standard InChI is InChI=1S/C17H21N3S/c1-11-9-14(21-13(11)3)10-18-12(2)17-19-15-7-5-6-8-16(15)20(17)4/h5-9,12,18H,10H2,1-4H3. The Balaban J connectivity index is 1.77. The van der Waals surface area contributed by atoms with Gasteiger partial charge in [0, 0.05) is 23.3 Å². The summed E-state index contributed by atoms with van der Waals surface area (Å²) in [6.07, 6.45) is 0. The molecule has 1 N–H and O–H groups in total. The second kappa shape index (κ2) is 5.62.